The van der Waals surface area contributed by atoms with E-state index in [-0.39, 0.29) is 30.0 Å². The van der Waals surface area contributed by atoms with Crippen LogP contribution >= 0.6 is 11.8 Å². The molecule has 0 saturated carbocycles. The summed E-state index contributed by atoms with van der Waals surface area (Å²) in [5.41, 5.74) is 1.70. The molecule has 3 amide bonds. The molecular weight excluding hydrogens is 414 g/mol. The van der Waals surface area contributed by atoms with E-state index in [1.165, 1.54) is 23.8 Å². The van der Waals surface area contributed by atoms with Gasteiger partial charge in [-0.1, -0.05) is 12.1 Å². The normalized spacial score (nSPS) is 16.0. The van der Waals surface area contributed by atoms with Crippen LogP contribution in [-0.4, -0.2) is 55.1 Å². The number of carbonyl (C=O) groups excluding carboxylic acids is 3. The Balaban J connectivity index is 1.54. The maximum absolute atomic E-state index is 12.9. The highest BCUT2D eigenvalue weighted by atomic mass is 32.2. The van der Waals surface area contributed by atoms with Crippen LogP contribution in [0.5, 0.6) is 5.75 Å². The Morgan fingerprint density at radius 2 is 1.87 bits per heavy atom. The fraction of sp³-hybridized carbons (Fsp3) is 0.348. The second kappa shape index (κ2) is 9.43. The van der Waals surface area contributed by atoms with Gasteiger partial charge in [0.2, 0.25) is 11.8 Å². The van der Waals surface area contributed by atoms with Crippen LogP contribution in [-0.2, 0) is 9.59 Å². The minimum absolute atomic E-state index is 0.0241. The lowest BCUT2D eigenvalue weighted by molar-refractivity contribution is -0.120. The molecule has 1 fully saturated rings. The standard InChI is InChI=1S/C23H25N3O4S/c1-30-19-8-4-3-7-17(19)24-21(27)14-26-18-13-16(9-10-20(18)31-15-22(26)28)23(29)25-11-5-2-6-12-25/h3-4,7-10,13H,2,5-6,11-12,14-15H2,1H3,(H,24,27). The molecule has 2 aromatic carbocycles. The molecule has 2 aromatic rings. The van der Waals surface area contributed by atoms with Crippen LogP contribution < -0.4 is 15.0 Å². The zero-order valence-electron chi connectivity index (χ0n) is 17.4. The van der Waals surface area contributed by atoms with E-state index in [0.29, 0.717) is 22.7 Å². The lowest BCUT2D eigenvalue weighted by atomic mass is 10.1. The van der Waals surface area contributed by atoms with Gasteiger partial charge in [-0.15, -0.1) is 11.8 Å². The van der Waals surface area contributed by atoms with E-state index in [4.69, 9.17) is 4.74 Å². The summed E-state index contributed by atoms with van der Waals surface area (Å²) in [5, 5.41) is 2.81. The van der Waals surface area contributed by atoms with Crippen LogP contribution in [0.1, 0.15) is 29.6 Å². The number of hydrogen-bond acceptors (Lipinski definition) is 5. The molecule has 1 saturated heterocycles. The zero-order valence-corrected chi connectivity index (χ0v) is 18.2. The third-order valence-corrected chi connectivity index (χ3v) is 6.52. The maximum Gasteiger partial charge on any atom is 0.253 e. The number of likely N-dealkylation sites (tertiary alicyclic amines) is 1. The fourth-order valence-electron chi connectivity index (χ4n) is 3.87. The highest BCUT2D eigenvalue weighted by Gasteiger charge is 2.28. The summed E-state index contributed by atoms with van der Waals surface area (Å²) in [6.07, 6.45) is 3.18. The first-order valence-electron chi connectivity index (χ1n) is 10.4. The molecule has 0 atom stereocenters. The van der Waals surface area contributed by atoms with E-state index in [0.717, 1.165) is 37.2 Å². The summed E-state index contributed by atoms with van der Waals surface area (Å²) >= 11 is 1.43. The van der Waals surface area contributed by atoms with Crippen molar-refractivity contribution in [3.05, 3.63) is 48.0 Å². The number of benzene rings is 2. The Bertz CT molecular complexity index is 1000. The van der Waals surface area contributed by atoms with Gasteiger partial charge in [0.05, 0.1) is 24.2 Å². The number of para-hydroxylation sites is 2. The molecule has 0 radical (unpaired) electrons. The molecule has 2 aliphatic rings. The van der Waals surface area contributed by atoms with Crippen LogP contribution in [0.25, 0.3) is 0 Å². The van der Waals surface area contributed by atoms with Crippen LogP contribution in [0, 0.1) is 0 Å². The lowest BCUT2D eigenvalue weighted by Crippen LogP contribution is -2.41. The van der Waals surface area contributed by atoms with Crippen molar-refractivity contribution in [2.45, 2.75) is 24.2 Å². The second-order valence-electron chi connectivity index (χ2n) is 7.55. The minimum Gasteiger partial charge on any atom is -0.495 e. The van der Waals surface area contributed by atoms with Crippen molar-refractivity contribution in [1.82, 2.24) is 4.90 Å². The van der Waals surface area contributed by atoms with Crippen molar-refractivity contribution in [3.63, 3.8) is 0 Å². The lowest BCUT2D eigenvalue weighted by Gasteiger charge is -2.30. The van der Waals surface area contributed by atoms with E-state index < -0.39 is 0 Å². The first-order chi connectivity index (χ1) is 15.1. The number of rotatable bonds is 5. The number of methoxy groups -OCH3 is 1. The minimum atomic E-state index is -0.330. The van der Waals surface area contributed by atoms with Gasteiger partial charge in [0.25, 0.3) is 5.91 Å². The van der Waals surface area contributed by atoms with Gasteiger partial charge < -0.3 is 19.9 Å². The van der Waals surface area contributed by atoms with E-state index in [2.05, 4.69) is 5.32 Å². The average Bonchev–Trinajstić information content (AvgIpc) is 2.81. The molecule has 0 unspecified atom stereocenters. The van der Waals surface area contributed by atoms with Gasteiger partial charge in [0.1, 0.15) is 12.3 Å². The number of thioether (sulfide) groups is 1. The van der Waals surface area contributed by atoms with Gasteiger partial charge in [-0.2, -0.15) is 0 Å². The van der Waals surface area contributed by atoms with Gasteiger partial charge in [0.15, 0.2) is 0 Å². The van der Waals surface area contributed by atoms with Crippen molar-refractivity contribution in [2.75, 3.05) is 42.7 Å². The Hall–Kier alpha value is -3.00. The van der Waals surface area contributed by atoms with E-state index in [1.54, 1.807) is 24.3 Å². The summed E-state index contributed by atoms with van der Waals surface area (Å²) in [5.74, 6) is 0.294. The first kappa shape index (κ1) is 21.2. The second-order valence-corrected chi connectivity index (χ2v) is 8.57. The highest BCUT2D eigenvalue weighted by Crippen LogP contribution is 2.36. The summed E-state index contributed by atoms with van der Waals surface area (Å²) in [7, 11) is 1.54. The van der Waals surface area contributed by atoms with Crippen LogP contribution in [0.4, 0.5) is 11.4 Å². The largest absolute Gasteiger partial charge is 0.495 e. The van der Waals surface area contributed by atoms with Gasteiger partial charge in [-0.05, 0) is 49.6 Å². The number of nitrogens with one attached hydrogen (secondary N) is 1. The molecule has 0 aromatic heterocycles. The first-order valence-corrected chi connectivity index (χ1v) is 11.3. The van der Waals surface area contributed by atoms with Crippen molar-refractivity contribution in [2.24, 2.45) is 0 Å². The summed E-state index contributed by atoms with van der Waals surface area (Å²) < 4.78 is 5.27. The predicted octanol–water partition coefficient (Wildman–Crippen LogP) is 3.40. The smallest absolute Gasteiger partial charge is 0.253 e. The topological polar surface area (TPSA) is 79.0 Å². The molecule has 1 N–H and O–H groups in total. The number of carbonyl (C=O) groups is 3. The third kappa shape index (κ3) is 4.69. The molecule has 0 spiro atoms. The molecule has 0 bridgehead atoms. The van der Waals surface area contributed by atoms with Gasteiger partial charge >= 0.3 is 0 Å². The Kier molecular flexibility index (Phi) is 6.46. The molecule has 4 rings (SSSR count). The molecule has 31 heavy (non-hydrogen) atoms. The summed E-state index contributed by atoms with van der Waals surface area (Å²) in [6.45, 7) is 1.38. The van der Waals surface area contributed by atoms with Crippen LogP contribution in [0.2, 0.25) is 0 Å². The Labute approximate surface area is 185 Å². The molecule has 2 heterocycles. The number of piperidine rings is 1. The monoisotopic (exact) mass is 439 g/mol. The van der Waals surface area contributed by atoms with Crippen molar-refractivity contribution >= 4 is 40.9 Å². The quantitative estimate of drug-likeness (QED) is 0.773. The molecule has 0 aliphatic carbocycles. The number of nitrogens with zero attached hydrogens (tertiary/aromatic N) is 2. The molecule has 162 valence electrons. The number of fused-ring (bicyclic) bond motifs is 1. The molecule has 7 nitrogen and oxygen atoms in total. The highest BCUT2D eigenvalue weighted by molar-refractivity contribution is 8.00. The van der Waals surface area contributed by atoms with Crippen molar-refractivity contribution in [1.29, 1.82) is 0 Å². The molecule has 2 aliphatic heterocycles. The number of ether oxygens (including phenoxy) is 1. The predicted molar refractivity (Wildman–Crippen MR) is 121 cm³/mol. The number of anilines is 2. The maximum atomic E-state index is 12.9. The van der Waals surface area contributed by atoms with Crippen molar-refractivity contribution < 1.29 is 19.1 Å². The zero-order chi connectivity index (χ0) is 21.8. The fourth-order valence-corrected chi connectivity index (χ4v) is 4.79. The SMILES string of the molecule is COc1ccccc1NC(=O)CN1C(=O)CSc2ccc(C(=O)N3CCCCC3)cc21. The third-order valence-electron chi connectivity index (χ3n) is 5.47. The van der Waals surface area contributed by atoms with Crippen molar-refractivity contribution in [3.8, 4) is 5.75 Å². The van der Waals surface area contributed by atoms with E-state index in [1.807, 2.05) is 23.1 Å². The summed E-state index contributed by atoms with van der Waals surface area (Å²) in [4.78, 5) is 42.5. The van der Waals surface area contributed by atoms with E-state index >= 15 is 0 Å². The number of amides is 3. The summed E-state index contributed by atoms with van der Waals surface area (Å²) in [6, 6.07) is 12.5. The Morgan fingerprint density at radius 3 is 2.65 bits per heavy atom. The Morgan fingerprint density at radius 1 is 1.10 bits per heavy atom. The molecular formula is C23H25N3O4S. The van der Waals surface area contributed by atoms with Gasteiger partial charge in [0, 0.05) is 23.5 Å². The van der Waals surface area contributed by atoms with Crippen LogP contribution in [0.15, 0.2) is 47.4 Å². The average molecular weight is 440 g/mol. The van der Waals surface area contributed by atoms with Gasteiger partial charge in [-0.3, -0.25) is 14.4 Å². The van der Waals surface area contributed by atoms with Crippen LogP contribution in [0.3, 0.4) is 0 Å². The van der Waals surface area contributed by atoms with Gasteiger partial charge in [-0.25, -0.2) is 0 Å². The number of hydrogen-bond donors (Lipinski definition) is 1. The van der Waals surface area contributed by atoms with E-state index in [9.17, 15) is 14.4 Å². The molecule has 8 heteroatoms.